The molecule has 16 heavy (non-hydrogen) atoms. The number of rotatable bonds is 5. The molecule has 0 bridgehead atoms. The Balaban J connectivity index is 2.55. The molecule has 1 aliphatic carbocycles. The molecular weight excluding hydrogens is 202 g/mol. The smallest absolute Gasteiger partial charge is 0.237 e. The van der Waals surface area contributed by atoms with Crippen LogP contribution in [0.2, 0.25) is 0 Å². The molecule has 0 spiro atoms. The first-order valence-corrected chi connectivity index (χ1v) is 6.31. The van der Waals surface area contributed by atoms with Crippen molar-refractivity contribution in [2.24, 2.45) is 11.7 Å². The molecule has 1 aliphatic rings. The van der Waals surface area contributed by atoms with Crippen LogP contribution in [0.15, 0.2) is 0 Å². The summed E-state index contributed by atoms with van der Waals surface area (Å²) in [5.74, 6) is 0.676. The molecule has 0 radical (unpaired) electrons. The molecule has 3 atom stereocenters. The van der Waals surface area contributed by atoms with Crippen LogP contribution in [0.5, 0.6) is 0 Å². The zero-order chi connectivity index (χ0) is 12.1. The maximum atomic E-state index is 11.8. The van der Waals surface area contributed by atoms with Crippen molar-refractivity contribution in [3.63, 3.8) is 0 Å². The predicted octanol–water partition coefficient (Wildman–Crippen LogP) is 0.570. The molecule has 4 nitrogen and oxygen atoms in total. The number of likely N-dealkylation sites (N-methyl/N-ethyl adjacent to an activating group) is 2. The number of amides is 1. The molecule has 1 saturated carbocycles. The summed E-state index contributed by atoms with van der Waals surface area (Å²) in [6, 6.07) is 0.416. The fraction of sp³-hybridized carbons (Fsp3) is 0.917. The topological polar surface area (TPSA) is 58.4 Å². The fourth-order valence-corrected chi connectivity index (χ4v) is 2.62. The zero-order valence-electron chi connectivity index (χ0n) is 10.7. The van der Waals surface area contributed by atoms with Gasteiger partial charge in [-0.1, -0.05) is 6.42 Å². The van der Waals surface area contributed by atoms with E-state index in [2.05, 4.69) is 10.2 Å². The van der Waals surface area contributed by atoms with E-state index in [1.54, 1.807) is 0 Å². The molecule has 3 N–H and O–H groups in total. The third-order valence-electron chi connectivity index (χ3n) is 3.79. The van der Waals surface area contributed by atoms with Gasteiger partial charge in [-0.25, -0.2) is 0 Å². The lowest BCUT2D eigenvalue weighted by molar-refractivity contribution is -0.126. The predicted molar refractivity (Wildman–Crippen MR) is 66.1 cm³/mol. The number of hydrogen-bond donors (Lipinski definition) is 2. The quantitative estimate of drug-likeness (QED) is 0.722. The average Bonchev–Trinajstić information content (AvgIpc) is 2.75. The molecular formula is C12H25N3O. The Labute approximate surface area is 98.6 Å². The van der Waals surface area contributed by atoms with Crippen molar-refractivity contribution in [1.82, 2.24) is 10.2 Å². The Hall–Kier alpha value is -0.610. The third-order valence-corrected chi connectivity index (χ3v) is 3.79. The maximum Gasteiger partial charge on any atom is 0.237 e. The first-order valence-electron chi connectivity index (χ1n) is 6.31. The van der Waals surface area contributed by atoms with Gasteiger partial charge in [-0.05, 0) is 46.2 Å². The van der Waals surface area contributed by atoms with Gasteiger partial charge in [-0.15, -0.1) is 0 Å². The van der Waals surface area contributed by atoms with E-state index in [4.69, 9.17) is 5.73 Å². The van der Waals surface area contributed by atoms with Gasteiger partial charge < -0.3 is 11.1 Å². The van der Waals surface area contributed by atoms with E-state index >= 15 is 0 Å². The second-order valence-electron chi connectivity index (χ2n) is 4.73. The lowest BCUT2D eigenvalue weighted by Gasteiger charge is -2.33. The van der Waals surface area contributed by atoms with Crippen LogP contribution in [-0.4, -0.2) is 43.0 Å². The van der Waals surface area contributed by atoms with Gasteiger partial charge >= 0.3 is 0 Å². The van der Waals surface area contributed by atoms with Crippen molar-refractivity contribution in [1.29, 1.82) is 0 Å². The Kier molecular flexibility index (Phi) is 5.22. The van der Waals surface area contributed by atoms with Crippen molar-refractivity contribution in [2.45, 2.75) is 45.2 Å². The normalized spacial score (nSPS) is 27.1. The van der Waals surface area contributed by atoms with Gasteiger partial charge in [0.15, 0.2) is 0 Å². The van der Waals surface area contributed by atoms with E-state index in [0.717, 1.165) is 6.54 Å². The largest absolute Gasteiger partial charge is 0.355 e. The molecule has 1 rings (SSSR count). The van der Waals surface area contributed by atoms with Gasteiger partial charge in [0.25, 0.3) is 0 Å². The SMILES string of the molecule is CCNC(=O)C(C)N(C)C1CCCC1CN. The molecule has 0 saturated heterocycles. The Morgan fingerprint density at radius 3 is 2.81 bits per heavy atom. The summed E-state index contributed by atoms with van der Waals surface area (Å²) < 4.78 is 0. The number of carbonyl (C=O) groups excluding carboxylic acids is 1. The second-order valence-corrected chi connectivity index (χ2v) is 4.73. The van der Waals surface area contributed by atoms with Crippen LogP contribution in [0.1, 0.15) is 33.1 Å². The van der Waals surface area contributed by atoms with Crippen LogP contribution in [0, 0.1) is 5.92 Å². The number of hydrogen-bond acceptors (Lipinski definition) is 3. The minimum absolute atomic E-state index is 0.0582. The summed E-state index contributed by atoms with van der Waals surface area (Å²) in [7, 11) is 2.04. The van der Waals surface area contributed by atoms with Gasteiger partial charge in [-0.2, -0.15) is 0 Å². The molecule has 0 aliphatic heterocycles. The van der Waals surface area contributed by atoms with Crippen LogP contribution in [0.4, 0.5) is 0 Å². The molecule has 0 aromatic rings. The molecule has 0 heterocycles. The summed E-state index contributed by atoms with van der Waals surface area (Å²) in [6.07, 6.45) is 3.61. The lowest BCUT2D eigenvalue weighted by atomic mass is 10.0. The minimum atomic E-state index is -0.0582. The monoisotopic (exact) mass is 227 g/mol. The van der Waals surface area contributed by atoms with Gasteiger partial charge in [0.05, 0.1) is 6.04 Å². The summed E-state index contributed by atoms with van der Waals surface area (Å²) >= 11 is 0. The van der Waals surface area contributed by atoms with Crippen molar-refractivity contribution in [3.05, 3.63) is 0 Å². The van der Waals surface area contributed by atoms with Crippen LogP contribution in [-0.2, 0) is 4.79 Å². The number of carbonyl (C=O) groups is 1. The Morgan fingerprint density at radius 2 is 2.25 bits per heavy atom. The number of nitrogens with two attached hydrogens (primary N) is 1. The van der Waals surface area contributed by atoms with E-state index < -0.39 is 0 Å². The Bertz CT molecular complexity index is 232. The van der Waals surface area contributed by atoms with E-state index in [1.165, 1.54) is 19.3 Å². The molecule has 94 valence electrons. The Morgan fingerprint density at radius 1 is 1.56 bits per heavy atom. The number of nitrogens with one attached hydrogen (secondary N) is 1. The van der Waals surface area contributed by atoms with Crippen LogP contribution in [0.3, 0.4) is 0 Å². The highest BCUT2D eigenvalue weighted by atomic mass is 16.2. The average molecular weight is 227 g/mol. The lowest BCUT2D eigenvalue weighted by Crippen LogP contribution is -2.49. The van der Waals surface area contributed by atoms with E-state index in [1.807, 2.05) is 20.9 Å². The van der Waals surface area contributed by atoms with Crippen LogP contribution < -0.4 is 11.1 Å². The highest BCUT2D eigenvalue weighted by Gasteiger charge is 2.33. The minimum Gasteiger partial charge on any atom is -0.355 e. The van der Waals surface area contributed by atoms with Gasteiger partial charge in [0.2, 0.25) is 5.91 Å². The maximum absolute atomic E-state index is 11.8. The van der Waals surface area contributed by atoms with Crippen molar-refractivity contribution in [3.8, 4) is 0 Å². The summed E-state index contributed by atoms with van der Waals surface area (Å²) in [6.45, 7) is 5.35. The van der Waals surface area contributed by atoms with Crippen molar-refractivity contribution in [2.75, 3.05) is 20.1 Å². The fourth-order valence-electron chi connectivity index (χ4n) is 2.62. The van der Waals surface area contributed by atoms with Gasteiger partial charge in [0.1, 0.15) is 0 Å². The highest BCUT2D eigenvalue weighted by molar-refractivity contribution is 5.81. The standard InChI is InChI=1S/C12H25N3O/c1-4-14-12(16)9(2)15(3)11-7-5-6-10(11)8-13/h9-11H,4-8,13H2,1-3H3,(H,14,16). The van der Waals surface area contributed by atoms with Crippen LogP contribution in [0.25, 0.3) is 0 Å². The van der Waals surface area contributed by atoms with E-state index in [0.29, 0.717) is 18.5 Å². The summed E-state index contributed by atoms with van der Waals surface area (Å²) in [5, 5.41) is 2.87. The van der Waals surface area contributed by atoms with Gasteiger partial charge in [-0.3, -0.25) is 9.69 Å². The molecule has 3 unspecified atom stereocenters. The van der Waals surface area contributed by atoms with E-state index in [-0.39, 0.29) is 11.9 Å². The number of nitrogens with zero attached hydrogens (tertiary/aromatic N) is 1. The first kappa shape index (κ1) is 13.5. The molecule has 4 heteroatoms. The second kappa shape index (κ2) is 6.21. The molecule has 0 aromatic heterocycles. The molecule has 1 amide bonds. The van der Waals surface area contributed by atoms with Gasteiger partial charge in [0, 0.05) is 12.6 Å². The zero-order valence-corrected chi connectivity index (χ0v) is 10.7. The summed E-state index contributed by atoms with van der Waals surface area (Å²) in [4.78, 5) is 13.9. The third kappa shape index (κ3) is 2.95. The van der Waals surface area contributed by atoms with E-state index in [9.17, 15) is 4.79 Å². The molecule has 0 aromatic carbocycles. The van der Waals surface area contributed by atoms with Crippen LogP contribution >= 0.6 is 0 Å². The highest BCUT2D eigenvalue weighted by Crippen LogP contribution is 2.29. The van der Waals surface area contributed by atoms with Crippen molar-refractivity contribution < 1.29 is 4.79 Å². The van der Waals surface area contributed by atoms with Crippen molar-refractivity contribution >= 4 is 5.91 Å². The molecule has 1 fully saturated rings. The summed E-state index contributed by atoms with van der Waals surface area (Å²) in [5.41, 5.74) is 5.77. The first-order chi connectivity index (χ1) is 7.61.